The van der Waals surface area contributed by atoms with E-state index in [4.69, 9.17) is 4.74 Å². The van der Waals surface area contributed by atoms with Gasteiger partial charge >= 0.3 is 0 Å². The van der Waals surface area contributed by atoms with Crippen molar-refractivity contribution in [2.24, 2.45) is 0 Å². The van der Waals surface area contributed by atoms with Crippen LogP contribution in [-0.2, 0) is 6.42 Å². The van der Waals surface area contributed by atoms with Gasteiger partial charge in [0.2, 0.25) is 0 Å². The van der Waals surface area contributed by atoms with Gasteiger partial charge in [-0.3, -0.25) is 4.79 Å². The molecule has 2 atom stereocenters. The Bertz CT molecular complexity index is 607. The molecule has 0 saturated heterocycles. The summed E-state index contributed by atoms with van der Waals surface area (Å²) in [7, 11) is 1.54. The molecule has 0 aromatic heterocycles. The molecule has 2 aromatic rings. The van der Waals surface area contributed by atoms with Crippen LogP contribution in [0.2, 0.25) is 0 Å². The Labute approximate surface area is 136 Å². The highest BCUT2D eigenvalue weighted by Gasteiger charge is 2.24. The third-order valence-corrected chi connectivity index (χ3v) is 3.82. The number of methoxy groups -OCH3 is 1. The van der Waals surface area contributed by atoms with E-state index in [1.165, 1.54) is 5.56 Å². The second-order valence-electron chi connectivity index (χ2n) is 5.48. The fraction of sp³-hybridized carbons (Fsp3) is 0.316. The number of aliphatic hydroxyl groups is 2. The van der Waals surface area contributed by atoms with Crippen molar-refractivity contribution < 1.29 is 19.7 Å². The van der Waals surface area contributed by atoms with Crippen LogP contribution >= 0.6 is 0 Å². The van der Waals surface area contributed by atoms with Crippen molar-refractivity contribution in [3.63, 3.8) is 0 Å². The summed E-state index contributed by atoms with van der Waals surface area (Å²) >= 11 is 0. The van der Waals surface area contributed by atoms with Gasteiger partial charge in [0.1, 0.15) is 11.9 Å². The summed E-state index contributed by atoms with van der Waals surface area (Å²) in [6.45, 7) is 0. The number of hydrogen-bond acceptors (Lipinski definition) is 4. The summed E-state index contributed by atoms with van der Waals surface area (Å²) in [5.41, 5.74) is 1.54. The van der Waals surface area contributed by atoms with Gasteiger partial charge in [-0.15, -0.1) is 0 Å². The van der Waals surface area contributed by atoms with Crippen molar-refractivity contribution in [1.29, 1.82) is 0 Å². The van der Waals surface area contributed by atoms with Gasteiger partial charge in [0.15, 0.2) is 5.78 Å². The van der Waals surface area contributed by atoms with Gasteiger partial charge in [0.25, 0.3) is 0 Å². The fourth-order valence-electron chi connectivity index (χ4n) is 2.42. The van der Waals surface area contributed by atoms with Crippen LogP contribution in [0.3, 0.4) is 0 Å². The van der Waals surface area contributed by atoms with Gasteiger partial charge in [-0.2, -0.15) is 0 Å². The van der Waals surface area contributed by atoms with E-state index in [0.717, 1.165) is 6.42 Å². The molecule has 0 saturated carbocycles. The van der Waals surface area contributed by atoms with Crippen LogP contribution in [0.25, 0.3) is 0 Å². The quantitative estimate of drug-likeness (QED) is 0.735. The van der Waals surface area contributed by atoms with Crippen molar-refractivity contribution in [2.75, 3.05) is 7.11 Å². The van der Waals surface area contributed by atoms with Gasteiger partial charge in [-0.25, -0.2) is 0 Å². The minimum atomic E-state index is -1.40. The molecule has 2 aromatic carbocycles. The lowest BCUT2D eigenvalue weighted by atomic mass is 9.97. The van der Waals surface area contributed by atoms with Crippen LogP contribution in [0.5, 0.6) is 5.75 Å². The molecule has 0 aliphatic rings. The minimum Gasteiger partial charge on any atom is -0.497 e. The van der Waals surface area contributed by atoms with Crippen LogP contribution in [-0.4, -0.2) is 35.3 Å². The maximum atomic E-state index is 12.2. The van der Waals surface area contributed by atoms with E-state index in [1.54, 1.807) is 31.4 Å². The van der Waals surface area contributed by atoms with E-state index < -0.39 is 18.0 Å². The summed E-state index contributed by atoms with van der Waals surface area (Å²) in [5.74, 6) is 0.166. The van der Waals surface area contributed by atoms with E-state index in [9.17, 15) is 15.0 Å². The summed E-state index contributed by atoms with van der Waals surface area (Å²) in [6, 6.07) is 16.4. The first-order chi connectivity index (χ1) is 11.1. The molecule has 0 amide bonds. The molecule has 0 unspecified atom stereocenters. The lowest BCUT2D eigenvalue weighted by molar-refractivity contribution is 0.0171. The lowest BCUT2D eigenvalue weighted by Crippen LogP contribution is -2.34. The van der Waals surface area contributed by atoms with Crippen molar-refractivity contribution in [3.8, 4) is 5.75 Å². The summed E-state index contributed by atoms with van der Waals surface area (Å²) in [6.07, 6.45) is -0.579. The summed E-state index contributed by atoms with van der Waals surface area (Å²) in [4.78, 5) is 12.2. The predicted octanol–water partition coefficient (Wildman–Crippen LogP) is 2.62. The zero-order valence-corrected chi connectivity index (χ0v) is 13.2. The monoisotopic (exact) mass is 314 g/mol. The van der Waals surface area contributed by atoms with Crippen LogP contribution in [0, 0.1) is 0 Å². The molecule has 0 fully saturated rings. The predicted molar refractivity (Wildman–Crippen MR) is 88.7 cm³/mol. The molecule has 0 spiro atoms. The number of Topliss-reactive ketones (excluding diaryl/α,β-unsaturated/α-hetero) is 1. The average molecular weight is 314 g/mol. The number of benzene rings is 2. The van der Waals surface area contributed by atoms with Crippen LogP contribution in [0.15, 0.2) is 54.6 Å². The van der Waals surface area contributed by atoms with Crippen molar-refractivity contribution in [1.82, 2.24) is 0 Å². The number of ketones is 1. The molecule has 0 bridgehead atoms. The number of ether oxygens (including phenoxy) is 1. The summed E-state index contributed by atoms with van der Waals surface area (Å²) < 4.78 is 5.03. The molecule has 122 valence electrons. The molecular weight excluding hydrogens is 292 g/mol. The normalized spacial score (nSPS) is 13.3. The van der Waals surface area contributed by atoms with Crippen LogP contribution < -0.4 is 4.74 Å². The second-order valence-corrected chi connectivity index (χ2v) is 5.48. The number of aliphatic hydroxyl groups excluding tert-OH is 2. The Hall–Kier alpha value is -2.17. The van der Waals surface area contributed by atoms with Gasteiger partial charge < -0.3 is 14.9 Å². The molecule has 0 aliphatic heterocycles. The smallest absolute Gasteiger partial charge is 0.193 e. The highest BCUT2D eigenvalue weighted by atomic mass is 16.5. The topological polar surface area (TPSA) is 66.8 Å². The molecule has 4 nitrogen and oxygen atoms in total. The van der Waals surface area contributed by atoms with Gasteiger partial charge in [0, 0.05) is 5.56 Å². The van der Waals surface area contributed by atoms with E-state index in [-0.39, 0.29) is 0 Å². The molecule has 2 N–H and O–H groups in total. The maximum absolute atomic E-state index is 12.2. The summed E-state index contributed by atoms with van der Waals surface area (Å²) in [5, 5.41) is 20.1. The van der Waals surface area contributed by atoms with Crippen molar-refractivity contribution in [2.45, 2.75) is 31.5 Å². The highest BCUT2D eigenvalue weighted by Crippen LogP contribution is 2.16. The number of rotatable bonds is 8. The average Bonchev–Trinajstić information content (AvgIpc) is 2.61. The van der Waals surface area contributed by atoms with E-state index in [1.807, 2.05) is 30.3 Å². The van der Waals surface area contributed by atoms with Gasteiger partial charge in [-0.1, -0.05) is 30.3 Å². The first-order valence-electron chi connectivity index (χ1n) is 7.70. The lowest BCUT2D eigenvalue weighted by Gasteiger charge is -2.17. The fourth-order valence-corrected chi connectivity index (χ4v) is 2.42. The molecule has 4 heteroatoms. The Morgan fingerprint density at radius 3 is 2.30 bits per heavy atom. The van der Waals surface area contributed by atoms with E-state index in [2.05, 4.69) is 0 Å². The highest BCUT2D eigenvalue weighted by molar-refractivity contribution is 5.99. The van der Waals surface area contributed by atoms with Crippen LogP contribution in [0.1, 0.15) is 28.8 Å². The third-order valence-electron chi connectivity index (χ3n) is 3.82. The molecule has 2 rings (SSSR count). The van der Waals surface area contributed by atoms with E-state index >= 15 is 0 Å². The zero-order chi connectivity index (χ0) is 16.7. The molecule has 23 heavy (non-hydrogen) atoms. The molecule has 0 heterocycles. The largest absolute Gasteiger partial charge is 0.497 e. The van der Waals surface area contributed by atoms with Gasteiger partial charge in [0.05, 0.1) is 13.2 Å². The second kappa shape index (κ2) is 8.46. The Morgan fingerprint density at radius 1 is 1.04 bits per heavy atom. The first-order valence-corrected chi connectivity index (χ1v) is 7.70. The number of aryl methyl sites for hydroxylation is 1. The number of carbonyl (C=O) groups excluding carboxylic acids is 1. The molecule has 0 aliphatic carbocycles. The van der Waals surface area contributed by atoms with Crippen LogP contribution in [0.4, 0.5) is 0 Å². The Morgan fingerprint density at radius 2 is 1.70 bits per heavy atom. The standard InChI is InChI=1S/C19H22O4/c1-23-16-12-10-15(11-13-16)18(21)19(22)17(20)9-5-8-14-6-3-2-4-7-14/h2-4,6-7,10-13,17,19-20,22H,5,8-9H2,1H3/t17-,19+/m0/s1. The first kappa shape index (κ1) is 17.2. The maximum Gasteiger partial charge on any atom is 0.193 e. The van der Waals surface area contributed by atoms with Crippen molar-refractivity contribution >= 4 is 5.78 Å². The minimum absolute atomic E-state index is 0.361. The number of hydrogen-bond donors (Lipinski definition) is 2. The number of carbonyl (C=O) groups is 1. The Balaban J connectivity index is 1.85. The third kappa shape index (κ3) is 4.91. The zero-order valence-electron chi connectivity index (χ0n) is 13.2. The molecule has 0 radical (unpaired) electrons. The molecular formula is C19H22O4. The SMILES string of the molecule is COc1ccc(C(=O)[C@H](O)[C@@H](O)CCCc2ccccc2)cc1. The van der Waals surface area contributed by atoms with Gasteiger partial charge in [-0.05, 0) is 49.1 Å². The van der Waals surface area contributed by atoms with Crippen molar-refractivity contribution in [3.05, 3.63) is 65.7 Å². The Kier molecular flexibility index (Phi) is 6.32. The van der Waals surface area contributed by atoms with E-state index in [0.29, 0.717) is 24.2 Å².